The molecule has 1 N–H and O–H groups in total. The molecule has 1 unspecified atom stereocenters. The van der Waals surface area contributed by atoms with E-state index in [4.69, 9.17) is 0 Å². The van der Waals surface area contributed by atoms with Crippen molar-refractivity contribution in [1.29, 1.82) is 0 Å². The van der Waals surface area contributed by atoms with Crippen LogP contribution in [0.2, 0.25) is 0 Å². The molecule has 2 rings (SSSR count). The first-order valence-corrected chi connectivity index (χ1v) is 4.81. The lowest BCUT2D eigenvalue weighted by Gasteiger charge is -2.33. The highest BCUT2D eigenvalue weighted by Gasteiger charge is 2.30. The van der Waals surface area contributed by atoms with Crippen molar-refractivity contribution in [3.8, 4) is 0 Å². The standard InChI is InChI=1S/C11H16O/c1-11(12)8-4-6-9-5-2-3-7-10(9)11/h4,6,12H,2-3,5,7-8H2,1H3. The molecule has 0 aromatic heterocycles. The summed E-state index contributed by atoms with van der Waals surface area (Å²) >= 11 is 0. The topological polar surface area (TPSA) is 20.2 Å². The van der Waals surface area contributed by atoms with E-state index in [0.29, 0.717) is 0 Å². The largest absolute Gasteiger partial charge is 0.385 e. The van der Waals surface area contributed by atoms with Crippen LogP contribution >= 0.6 is 0 Å². The van der Waals surface area contributed by atoms with E-state index in [0.717, 1.165) is 12.8 Å². The summed E-state index contributed by atoms with van der Waals surface area (Å²) in [5.74, 6) is 0. The van der Waals surface area contributed by atoms with Gasteiger partial charge in [0.15, 0.2) is 0 Å². The summed E-state index contributed by atoms with van der Waals surface area (Å²) in [6.45, 7) is 1.94. The van der Waals surface area contributed by atoms with E-state index in [2.05, 4.69) is 12.2 Å². The molecular formula is C11H16O. The predicted octanol–water partition coefficient (Wildman–Crippen LogP) is 2.57. The van der Waals surface area contributed by atoms with Crippen LogP contribution in [0.1, 0.15) is 39.0 Å². The smallest absolute Gasteiger partial charge is 0.0868 e. The van der Waals surface area contributed by atoms with Crippen LogP contribution in [0.3, 0.4) is 0 Å². The van der Waals surface area contributed by atoms with E-state index in [1.54, 1.807) is 0 Å². The van der Waals surface area contributed by atoms with E-state index in [1.165, 1.54) is 30.4 Å². The average molecular weight is 164 g/mol. The molecule has 0 saturated carbocycles. The molecule has 12 heavy (non-hydrogen) atoms. The van der Waals surface area contributed by atoms with Gasteiger partial charge in [-0.25, -0.2) is 0 Å². The molecule has 0 aromatic carbocycles. The molecule has 0 saturated heterocycles. The Balaban J connectivity index is 2.36. The molecule has 0 amide bonds. The molecule has 1 nitrogen and oxygen atoms in total. The first-order valence-electron chi connectivity index (χ1n) is 4.81. The maximum atomic E-state index is 10.1. The summed E-state index contributed by atoms with van der Waals surface area (Å²) in [4.78, 5) is 0. The normalized spacial score (nSPS) is 35.2. The lowest BCUT2D eigenvalue weighted by molar-refractivity contribution is 0.0933. The van der Waals surface area contributed by atoms with Gasteiger partial charge in [-0.15, -0.1) is 0 Å². The van der Waals surface area contributed by atoms with Crippen LogP contribution in [-0.2, 0) is 0 Å². The van der Waals surface area contributed by atoms with Gasteiger partial charge < -0.3 is 5.11 Å². The van der Waals surface area contributed by atoms with Crippen molar-refractivity contribution in [3.63, 3.8) is 0 Å². The van der Waals surface area contributed by atoms with Crippen molar-refractivity contribution in [3.05, 3.63) is 23.3 Å². The zero-order valence-corrected chi connectivity index (χ0v) is 7.64. The molecule has 0 aromatic rings. The van der Waals surface area contributed by atoms with Gasteiger partial charge in [-0.05, 0) is 50.2 Å². The molecule has 1 atom stereocenters. The Labute approximate surface area is 73.8 Å². The Kier molecular flexibility index (Phi) is 1.84. The van der Waals surface area contributed by atoms with Gasteiger partial charge in [0.2, 0.25) is 0 Å². The van der Waals surface area contributed by atoms with Crippen LogP contribution in [0.25, 0.3) is 0 Å². The lowest BCUT2D eigenvalue weighted by Crippen LogP contribution is -2.30. The van der Waals surface area contributed by atoms with Gasteiger partial charge in [-0.3, -0.25) is 0 Å². The second kappa shape index (κ2) is 2.74. The lowest BCUT2D eigenvalue weighted by atomic mass is 9.77. The first-order chi connectivity index (χ1) is 5.70. The highest BCUT2D eigenvalue weighted by Crippen LogP contribution is 2.37. The van der Waals surface area contributed by atoms with Crippen molar-refractivity contribution in [2.75, 3.05) is 0 Å². The second-order valence-electron chi connectivity index (χ2n) is 4.09. The van der Waals surface area contributed by atoms with Crippen molar-refractivity contribution in [2.45, 2.75) is 44.6 Å². The molecule has 1 heteroatoms. The molecule has 0 spiro atoms. The third-order valence-electron chi connectivity index (χ3n) is 2.99. The summed E-state index contributed by atoms with van der Waals surface area (Å²) in [5, 5.41) is 10.1. The second-order valence-corrected chi connectivity index (χ2v) is 4.09. The van der Waals surface area contributed by atoms with Crippen molar-refractivity contribution < 1.29 is 5.11 Å². The minimum atomic E-state index is -0.537. The Bertz CT molecular complexity index is 246. The molecule has 0 radical (unpaired) electrons. The molecule has 0 bridgehead atoms. The number of allylic oxidation sites excluding steroid dienone is 2. The Morgan fingerprint density at radius 1 is 1.33 bits per heavy atom. The van der Waals surface area contributed by atoms with Gasteiger partial charge >= 0.3 is 0 Å². The van der Waals surface area contributed by atoms with Crippen molar-refractivity contribution >= 4 is 0 Å². The number of hydrogen-bond donors (Lipinski definition) is 1. The van der Waals surface area contributed by atoms with Gasteiger partial charge in [-0.2, -0.15) is 0 Å². The quantitative estimate of drug-likeness (QED) is 0.583. The maximum absolute atomic E-state index is 10.1. The summed E-state index contributed by atoms with van der Waals surface area (Å²) < 4.78 is 0. The van der Waals surface area contributed by atoms with E-state index in [9.17, 15) is 5.11 Å². The van der Waals surface area contributed by atoms with Crippen molar-refractivity contribution in [2.24, 2.45) is 0 Å². The van der Waals surface area contributed by atoms with Gasteiger partial charge in [0.1, 0.15) is 0 Å². The molecule has 0 heterocycles. The summed E-state index contributed by atoms with van der Waals surface area (Å²) in [6.07, 6.45) is 9.92. The van der Waals surface area contributed by atoms with Gasteiger partial charge in [-0.1, -0.05) is 12.2 Å². The summed E-state index contributed by atoms with van der Waals surface area (Å²) in [6, 6.07) is 0. The minimum absolute atomic E-state index is 0.537. The fourth-order valence-corrected chi connectivity index (χ4v) is 2.28. The average Bonchev–Trinajstić information content (AvgIpc) is 2.04. The highest BCUT2D eigenvalue weighted by molar-refractivity contribution is 5.37. The molecule has 66 valence electrons. The fourth-order valence-electron chi connectivity index (χ4n) is 2.28. The first kappa shape index (κ1) is 8.06. The van der Waals surface area contributed by atoms with Crippen LogP contribution in [0.5, 0.6) is 0 Å². The van der Waals surface area contributed by atoms with Gasteiger partial charge in [0.25, 0.3) is 0 Å². The fraction of sp³-hybridized carbons (Fsp3) is 0.636. The summed E-state index contributed by atoms with van der Waals surface area (Å²) in [7, 11) is 0. The van der Waals surface area contributed by atoms with E-state index >= 15 is 0 Å². The molecule has 2 aliphatic carbocycles. The minimum Gasteiger partial charge on any atom is -0.385 e. The van der Waals surface area contributed by atoms with Crippen LogP contribution in [0, 0.1) is 0 Å². The zero-order chi connectivity index (χ0) is 8.60. The SMILES string of the molecule is CC1(O)CC=CC2=C1CCCC2. The highest BCUT2D eigenvalue weighted by atomic mass is 16.3. The molecule has 2 aliphatic rings. The predicted molar refractivity (Wildman–Crippen MR) is 49.9 cm³/mol. The summed E-state index contributed by atoms with van der Waals surface area (Å²) in [5.41, 5.74) is 2.17. The maximum Gasteiger partial charge on any atom is 0.0868 e. The number of rotatable bonds is 0. The van der Waals surface area contributed by atoms with Crippen LogP contribution < -0.4 is 0 Å². The van der Waals surface area contributed by atoms with Crippen LogP contribution in [0.15, 0.2) is 23.3 Å². The number of hydrogen-bond acceptors (Lipinski definition) is 1. The third kappa shape index (κ3) is 1.22. The van der Waals surface area contributed by atoms with E-state index in [-0.39, 0.29) is 0 Å². The zero-order valence-electron chi connectivity index (χ0n) is 7.64. The molecule has 0 aliphatic heterocycles. The van der Waals surface area contributed by atoms with Crippen LogP contribution in [-0.4, -0.2) is 10.7 Å². The Morgan fingerprint density at radius 3 is 2.83 bits per heavy atom. The van der Waals surface area contributed by atoms with E-state index < -0.39 is 5.60 Å². The van der Waals surface area contributed by atoms with Gasteiger partial charge in [0, 0.05) is 0 Å². The molecular weight excluding hydrogens is 148 g/mol. The van der Waals surface area contributed by atoms with Crippen molar-refractivity contribution in [1.82, 2.24) is 0 Å². The number of aliphatic hydroxyl groups is 1. The van der Waals surface area contributed by atoms with E-state index in [1.807, 2.05) is 6.92 Å². The molecule has 0 fully saturated rings. The monoisotopic (exact) mass is 164 g/mol. The van der Waals surface area contributed by atoms with Crippen LogP contribution in [0.4, 0.5) is 0 Å². The van der Waals surface area contributed by atoms with Gasteiger partial charge in [0.05, 0.1) is 5.60 Å². The Hall–Kier alpha value is -0.560. The third-order valence-corrected chi connectivity index (χ3v) is 2.99. The Morgan fingerprint density at radius 2 is 2.08 bits per heavy atom.